The number of hydrogen-bond acceptors (Lipinski definition) is 5. The molecule has 0 N–H and O–H groups in total. The van der Waals surface area contributed by atoms with Crippen LogP contribution < -0.4 is 10.2 Å². The van der Waals surface area contributed by atoms with Gasteiger partial charge in [0, 0.05) is 17.4 Å². The van der Waals surface area contributed by atoms with Gasteiger partial charge in [0.15, 0.2) is 0 Å². The summed E-state index contributed by atoms with van der Waals surface area (Å²) in [6.45, 7) is 24.6. The fourth-order valence-electron chi connectivity index (χ4n) is 4.12. The van der Waals surface area contributed by atoms with E-state index < -0.39 is 16.9 Å². The minimum atomic E-state index is -0.463. The molecule has 5 nitrogen and oxygen atoms in total. The summed E-state index contributed by atoms with van der Waals surface area (Å²) in [5.41, 5.74) is 4.57. The van der Waals surface area contributed by atoms with Gasteiger partial charge in [-0.1, -0.05) is 107 Å². The Kier molecular flexibility index (Phi) is 11.6. The Morgan fingerprint density at radius 3 is 1.75 bits per heavy atom. The maximum Gasteiger partial charge on any atom is 2.00 e. The van der Waals surface area contributed by atoms with Gasteiger partial charge in [-0.2, -0.15) is 0 Å². The van der Waals surface area contributed by atoms with Crippen LogP contribution in [0.4, 0.5) is 5.69 Å². The van der Waals surface area contributed by atoms with Crippen molar-refractivity contribution in [2.24, 2.45) is 4.99 Å². The average molecular weight is 609 g/mol. The molecule has 0 radical (unpaired) electrons. The van der Waals surface area contributed by atoms with E-state index in [9.17, 15) is 10.2 Å². The number of halogens is 1. The van der Waals surface area contributed by atoms with Gasteiger partial charge in [-0.25, -0.2) is 0 Å². The number of hydrogen-bond donors (Lipinski definition) is 0. The van der Waals surface area contributed by atoms with Crippen molar-refractivity contribution >= 4 is 23.5 Å². The molecule has 0 spiro atoms. The third-order valence-corrected chi connectivity index (χ3v) is 6.63. The van der Waals surface area contributed by atoms with Crippen LogP contribution in [0.1, 0.15) is 111 Å². The molecule has 40 heavy (non-hydrogen) atoms. The molecular formula is C33H44ClN3NiO2. The molecule has 0 unspecified atom stereocenters. The summed E-state index contributed by atoms with van der Waals surface area (Å²) in [6, 6.07) is 8.24. The number of aliphatic imine (C=N–C) groups is 1. The van der Waals surface area contributed by atoms with Crippen molar-refractivity contribution in [1.82, 2.24) is 9.97 Å². The number of benzene rings is 2. The number of aromatic nitrogens is 2. The monoisotopic (exact) mass is 607 g/mol. The molecule has 7 heteroatoms. The quantitative estimate of drug-likeness (QED) is 0.219. The van der Waals surface area contributed by atoms with Gasteiger partial charge < -0.3 is 10.2 Å². The minimum absolute atomic E-state index is 0. The van der Waals surface area contributed by atoms with Crippen molar-refractivity contribution in [1.29, 1.82) is 0 Å². The smallest absolute Gasteiger partial charge is 0.873 e. The Morgan fingerprint density at radius 1 is 0.725 bits per heavy atom. The SMILES string of the molecule is CC(C)(C)c1cc(Cl)c(C(C)(C)C)c([O-])c1[O-].CC(C)(C)c1ccc(C(C)(C)C)c(N=Cc2cnccn2)c1.[Ni+2]. The summed E-state index contributed by atoms with van der Waals surface area (Å²) in [5, 5.41) is 24.6. The number of nitrogens with zero attached hydrogens (tertiary/aromatic N) is 3. The average Bonchev–Trinajstić information content (AvgIpc) is 2.78. The first kappa shape index (κ1) is 35.6. The molecule has 0 saturated heterocycles. The van der Waals surface area contributed by atoms with E-state index in [0.717, 1.165) is 11.4 Å². The van der Waals surface area contributed by atoms with Crippen LogP contribution in [-0.4, -0.2) is 16.2 Å². The van der Waals surface area contributed by atoms with Gasteiger partial charge in [0.25, 0.3) is 0 Å². The zero-order valence-corrected chi connectivity index (χ0v) is 27.7. The van der Waals surface area contributed by atoms with Crippen LogP contribution in [0.2, 0.25) is 5.02 Å². The van der Waals surface area contributed by atoms with Crippen molar-refractivity contribution in [2.45, 2.75) is 105 Å². The summed E-state index contributed by atoms with van der Waals surface area (Å²) in [7, 11) is 0. The van der Waals surface area contributed by atoms with Gasteiger partial charge in [0.1, 0.15) is 0 Å². The molecule has 0 aliphatic heterocycles. The molecule has 0 aliphatic rings. The minimum Gasteiger partial charge on any atom is -0.873 e. The Hall–Kier alpha value is -2.43. The normalized spacial score (nSPS) is 12.5. The topological polar surface area (TPSA) is 84.3 Å². The summed E-state index contributed by atoms with van der Waals surface area (Å²) in [6.07, 6.45) is 6.84. The van der Waals surface area contributed by atoms with E-state index in [2.05, 4.69) is 74.7 Å². The molecule has 1 aromatic heterocycles. The molecule has 0 atom stereocenters. The largest absolute Gasteiger partial charge is 2.00 e. The molecule has 0 bridgehead atoms. The van der Waals surface area contributed by atoms with Crippen molar-refractivity contribution in [2.75, 3.05) is 0 Å². The van der Waals surface area contributed by atoms with E-state index in [0.29, 0.717) is 16.1 Å². The second kappa shape index (κ2) is 13.0. The fourth-order valence-corrected chi connectivity index (χ4v) is 4.60. The van der Waals surface area contributed by atoms with Crippen molar-refractivity contribution in [3.05, 3.63) is 75.8 Å². The molecule has 0 aliphatic carbocycles. The van der Waals surface area contributed by atoms with Gasteiger partial charge in [-0.3, -0.25) is 15.0 Å². The van der Waals surface area contributed by atoms with Gasteiger partial charge in [-0.15, -0.1) is 11.5 Å². The third-order valence-electron chi connectivity index (χ3n) is 6.34. The van der Waals surface area contributed by atoms with Gasteiger partial charge >= 0.3 is 16.5 Å². The third kappa shape index (κ3) is 9.31. The molecule has 0 amide bonds. The fraction of sp³-hybridized carbons (Fsp3) is 0.485. The molecule has 0 saturated carbocycles. The number of rotatable bonds is 2. The standard InChI is InChI=1S/C19H25N3.C14H21ClO2.Ni/c1-18(2,3)14-7-8-16(19(4,5)6)17(11-14)22-13-15-12-20-9-10-21-15;1-13(2,3)8-7-9(15)10(14(4,5)6)12(17)11(8)16;/h7-13H,1-6H3;7,16-17H,1-6H3;/q;;+2/p-2. The van der Waals surface area contributed by atoms with Crippen LogP contribution in [-0.2, 0) is 38.2 Å². The van der Waals surface area contributed by atoms with E-state index in [1.54, 1.807) is 30.9 Å². The van der Waals surface area contributed by atoms with Crippen LogP contribution in [0.15, 0.2) is 47.8 Å². The van der Waals surface area contributed by atoms with Crippen molar-refractivity contribution in [3.8, 4) is 11.5 Å². The first-order valence-electron chi connectivity index (χ1n) is 13.3. The molecule has 0 fully saturated rings. The maximum absolute atomic E-state index is 12.1. The molecule has 2 aromatic carbocycles. The maximum atomic E-state index is 12.1. The Morgan fingerprint density at radius 2 is 1.30 bits per heavy atom. The zero-order valence-electron chi connectivity index (χ0n) is 26.0. The van der Waals surface area contributed by atoms with Crippen LogP contribution in [0.5, 0.6) is 11.5 Å². The zero-order chi connectivity index (χ0) is 30.0. The van der Waals surface area contributed by atoms with Crippen LogP contribution >= 0.6 is 11.6 Å². The summed E-state index contributed by atoms with van der Waals surface area (Å²) < 4.78 is 0. The Labute approximate surface area is 256 Å². The predicted octanol–water partition coefficient (Wildman–Crippen LogP) is 7.90. The molecular weight excluding hydrogens is 565 g/mol. The Bertz CT molecular complexity index is 1310. The van der Waals surface area contributed by atoms with Gasteiger partial charge in [-0.05, 0) is 56.0 Å². The first-order valence-corrected chi connectivity index (χ1v) is 13.7. The second-order valence-electron chi connectivity index (χ2n) is 14.1. The van der Waals surface area contributed by atoms with Gasteiger partial charge in [0.05, 0.1) is 23.8 Å². The Balaban J connectivity index is 0.000000403. The van der Waals surface area contributed by atoms with Crippen LogP contribution in [0, 0.1) is 0 Å². The summed E-state index contributed by atoms with van der Waals surface area (Å²) in [4.78, 5) is 13.0. The second-order valence-corrected chi connectivity index (χ2v) is 14.5. The molecule has 1 heterocycles. The molecule has 3 rings (SSSR count). The summed E-state index contributed by atoms with van der Waals surface area (Å²) >= 11 is 6.16. The van der Waals surface area contributed by atoms with E-state index in [4.69, 9.17) is 11.6 Å². The summed E-state index contributed by atoms with van der Waals surface area (Å²) in [5.74, 6) is -0.887. The van der Waals surface area contributed by atoms with Crippen LogP contribution in [0.25, 0.3) is 0 Å². The van der Waals surface area contributed by atoms with E-state index in [-0.39, 0.29) is 32.7 Å². The van der Waals surface area contributed by atoms with Crippen molar-refractivity contribution in [3.63, 3.8) is 0 Å². The van der Waals surface area contributed by atoms with Crippen LogP contribution in [0.3, 0.4) is 0 Å². The van der Waals surface area contributed by atoms with Crippen molar-refractivity contribution < 1.29 is 26.7 Å². The first-order chi connectivity index (χ1) is 17.6. The molecule has 3 aromatic rings. The van der Waals surface area contributed by atoms with E-state index >= 15 is 0 Å². The van der Waals surface area contributed by atoms with Gasteiger partial charge in [0.2, 0.25) is 0 Å². The van der Waals surface area contributed by atoms with E-state index in [1.807, 2.05) is 41.5 Å². The van der Waals surface area contributed by atoms with E-state index in [1.165, 1.54) is 11.1 Å². The molecule has 220 valence electrons. The predicted molar refractivity (Wildman–Crippen MR) is 161 cm³/mol.